The highest BCUT2D eigenvalue weighted by molar-refractivity contribution is 5.56. The van der Waals surface area contributed by atoms with Crippen LogP contribution in [0.5, 0.6) is 0 Å². The van der Waals surface area contributed by atoms with Crippen molar-refractivity contribution in [2.45, 2.75) is 13.8 Å². The number of hydrogen-bond donors (Lipinski definition) is 2. The minimum atomic E-state index is -0.232. The smallest absolute Gasteiger partial charge is 0.306 e. The molecule has 0 aliphatic carbocycles. The van der Waals surface area contributed by atoms with E-state index in [0.29, 0.717) is 11.4 Å². The summed E-state index contributed by atoms with van der Waals surface area (Å²) < 4.78 is 0. The molecule has 1 heterocycles. The Morgan fingerprint density at radius 2 is 1.42 bits per heavy atom. The maximum atomic E-state index is 10.6. The molecule has 0 atom stereocenters. The van der Waals surface area contributed by atoms with Gasteiger partial charge in [0.15, 0.2) is 0 Å². The zero-order valence-electron chi connectivity index (χ0n) is 7.48. The molecular weight excluding hydrogens is 152 g/mol. The Bertz CT molecular complexity index is 278. The van der Waals surface area contributed by atoms with Crippen LogP contribution in [0.1, 0.15) is 25.2 Å². The van der Waals surface area contributed by atoms with Gasteiger partial charge in [0.25, 0.3) is 0 Å². The van der Waals surface area contributed by atoms with Gasteiger partial charge in [-0.3, -0.25) is 0 Å². The highest BCUT2D eigenvalue weighted by Crippen LogP contribution is 2.01. The van der Waals surface area contributed by atoms with E-state index in [1.807, 2.05) is 13.8 Å². The lowest BCUT2D eigenvalue weighted by atomic mass is 10.3. The van der Waals surface area contributed by atoms with Gasteiger partial charge in [0, 0.05) is 0 Å². The highest BCUT2D eigenvalue weighted by Gasteiger charge is 1.96. The van der Waals surface area contributed by atoms with Gasteiger partial charge in [0.05, 0.1) is 11.4 Å². The first-order valence-electron chi connectivity index (χ1n) is 3.85. The van der Waals surface area contributed by atoms with E-state index in [1.165, 1.54) is 0 Å². The van der Waals surface area contributed by atoms with Crippen LogP contribution in [0.2, 0.25) is 0 Å². The van der Waals surface area contributed by atoms with E-state index in [-0.39, 0.29) is 5.69 Å². The van der Waals surface area contributed by atoms with Crippen molar-refractivity contribution >= 4 is 12.2 Å². The van der Waals surface area contributed by atoms with E-state index in [0.717, 1.165) is 0 Å². The molecule has 0 saturated carbocycles. The zero-order chi connectivity index (χ0) is 9.56. The number of H-pyrrole nitrogens is 2. The fourth-order valence-electron chi connectivity index (χ4n) is 0.733. The van der Waals surface area contributed by atoms with Crippen LogP contribution >= 0.6 is 0 Å². The molecule has 1 aromatic rings. The minimum absolute atomic E-state index is 0.232. The third-order valence-corrected chi connectivity index (χ3v) is 1.19. The van der Waals surface area contributed by atoms with E-state index in [9.17, 15) is 4.79 Å². The fourth-order valence-corrected chi connectivity index (χ4v) is 0.733. The third kappa shape index (κ3) is 2.27. The number of aromatic amines is 2. The van der Waals surface area contributed by atoms with Crippen molar-refractivity contribution in [3.63, 3.8) is 0 Å². The van der Waals surface area contributed by atoms with Gasteiger partial charge in [-0.25, -0.2) is 4.79 Å². The summed E-state index contributed by atoms with van der Waals surface area (Å²) in [5, 5.41) is 0. The van der Waals surface area contributed by atoms with Crippen LogP contribution in [-0.2, 0) is 0 Å². The molecule has 0 unspecified atom stereocenters. The lowest BCUT2D eigenvalue weighted by Crippen LogP contribution is -2.00. The van der Waals surface area contributed by atoms with Crippen molar-refractivity contribution in [3.05, 3.63) is 35.0 Å². The maximum absolute atomic E-state index is 10.6. The summed E-state index contributed by atoms with van der Waals surface area (Å²) in [4.78, 5) is 15.7. The highest BCUT2D eigenvalue weighted by atomic mass is 16.1. The standard InChI is InChI=1S/C7H8N2O.C2H6/c1-3-5-6(4-2)9-7(10)8-5;1-2/h3-4H,1-2H2,(H2,8,9,10);1-2H3. The Balaban J connectivity index is 0.000000561. The first kappa shape index (κ1) is 10.5. The first-order valence-corrected chi connectivity index (χ1v) is 3.85. The van der Waals surface area contributed by atoms with Crippen molar-refractivity contribution in [2.24, 2.45) is 0 Å². The SMILES string of the molecule is C=Cc1[nH]c(=O)[nH]c1C=C.CC. The number of aromatic nitrogens is 2. The molecule has 3 nitrogen and oxygen atoms in total. The van der Waals surface area contributed by atoms with Gasteiger partial charge in [-0.15, -0.1) is 0 Å². The molecular formula is C9H14N2O. The number of nitrogens with one attached hydrogen (secondary N) is 2. The second-order valence-electron chi connectivity index (χ2n) is 1.81. The van der Waals surface area contributed by atoms with Crippen LogP contribution < -0.4 is 5.69 Å². The quantitative estimate of drug-likeness (QED) is 0.693. The second kappa shape index (κ2) is 5.18. The molecule has 1 rings (SSSR count). The van der Waals surface area contributed by atoms with E-state index in [4.69, 9.17) is 0 Å². The van der Waals surface area contributed by atoms with Crippen LogP contribution in [-0.4, -0.2) is 9.97 Å². The molecule has 0 aliphatic heterocycles. The van der Waals surface area contributed by atoms with Gasteiger partial charge in [0.2, 0.25) is 0 Å². The van der Waals surface area contributed by atoms with Gasteiger partial charge < -0.3 is 9.97 Å². The molecule has 0 saturated heterocycles. The molecule has 0 radical (unpaired) electrons. The Hall–Kier alpha value is -1.51. The summed E-state index contributed by atoms with van der Waals surface area (Å²) in [5.41, 5.74) is 1.13. The van der Waals surface area contributed by atoms with Crippen LogP contribution in [0, 0.1) is 0 Å². The largest absolute Gasteiger partial charge is 0.323 e. The molecule has 1 aromatic heterocycles. The average molecular weight is 166 g/mol. The van der Waals surface area contributed by atoms with Crippen molar-refractivity contribution in [2.75, 3.05) is 0 Å². The van der Waals surface area contributed by atoms with Crippen LogP contribution in [0.15, 0.2) is 18.0 Å². The normalized spacial score (nSPS) is 8.17. The number of hydrogen-bond acceptors (Lipinski definition) is 1. The van der Waals surface area contributed by atoms with Gasteiger partial charge >= 0.3 is 5.69 Å². The lowest BCUT2D eigenvalue weighted by Gasteiger charge is -1.84. The Morgan fingerprint density at radius 1 is 1.08 bits per heavy atom. The topological polar surface area (TPSA) is 48.6 Å². The van der Waals surface area contributed by atoms with Crippen molar-refractivity contribution in [3.8, 4) is 0 Å². The second-order valence-corrected chi connectivity index (χ2v) is 1.81. The average Bonchev–Trinajstić information content (AvgIpc) is 2.49. The summed E-state index contributed by atoms with van der Waals surface area (Å²) >= 11 is 0. The van der Waals surface area contributed by atoms with Crippen LogP contribution in [0.25, 0.3) is 12.2 Å². The predicted octanol–water partition coefficient (Wildman–Crippen LogP) is 2.02. The van der Waals surface area contributed by atoms with Crippen molar-refractivity contribution in [1.82, 2.24) is 9.97 Å². The molecule has 12 heavy (non-hydrogen) atoms. The van der Waals surface area contributed by atoms with Crippen molar-refractivity contribution in [1.29, 1.82) is 0 Å². The third-order valence-electron chi connectivity index (χ3n) is 1.19. The molecule has 66 valence electrons. The van der Waals surface area contributed by atoms with Gasteiger partial charge in [-0.05, 0) is 12.2 Å². The summed E-state index contributed by atoms with van der Waals surface area (Å²) in [6.07, 6.45) is 3.13. The predicted molar refractivity (Wildman–Crippen MR) is 52.9 cm³/mol. The summed E-state index contributed by atoms with van der Waals surface area (Å²) in [7, 11) is 0. The van der Waals surface area contributed by atoms with E-state index in [2.05, 4.69) is 23.1 Å². The van der Waals surface area contributed by atoms with Crippen molar-refractivity contribution < 1.29 is 0 Å². The van der Waals surface area contributed by atoms with Gasteiger partial charge in [-0.2, -0.15) is 0 Å². The molecule has 3 heteroatoms. The molecule has 0 aromatic carbocycles. The molecule has 0 amide bonds. The van der Waals surface area contributed by atoms with Crippen LogP contribution in [0.3, 0.4) is 0 Å². The molecule has 0 bridgehead atoms. The number of rotatable bonds is 2. The summed E-state index contributed by atoms with van der Waals surface area (Å²) in [5.74, 6) is 0. The Morgan fingerprint density at radius 3 is 1.67 bits per heavy atom. The number of imidazole rings is 1. The molecule has 0 spiro atoms. The summed E-state index contributed by atoms with van der Waals surface area (Å²) in [6.45, 7) is 11.0. The minimum Gasteiger partial charge on any atom is -0.306 e. The monoisotopic (exact) mass is 166 g/mol. The Kier molecular flexibility index (Phi) is 4.53. The van der Waals surface area contributed by atoms with Gasteiger partial charge in [0.1, 0.15) is 0 Å². The maximum Gasteiger partial charge on any atom is 0.323 e. The molecule has 0 fully saturated rings. The summed E-state index contributed by atoms with van der Waals surface area (Å²) in [6, 6.07) is 0. The van der Waals surface area contributed by atoms with Gasteiger partial charge in [-0.1, -0.05) is 27.0 Å². The molecule has 0 aliphatic rings. The molecule has 2 N–H and O–H groups in total. The van der Waals surface area contributed by atoms with E-state index >= 15 is 0 Å². The first-order chi connectivity index (χ1) is 5.77. The Labute approximate surface area is 71.8 Å². The van der Waals surface area contributed by atoms with E-state index in [1.54, 1.807) is 12.2 Å². The lowest BCUT2D eigenvalue weighted by molar-refractivity contribution is 1.18. The zero-order valence-corrected chi connectivity index (χ0v) is 7.48. The van der Waals surface area contributed by atoms with E-state index < -0.39 is 0 Å². The van der Waals surface area contributed by atoms with Crippen LogP contribution in [0.4, 0.5) is 0 Å². The fraction of sp³-hybridized carbons (Fsp3) is 0.222.